The zero-order valence-electron chi connectivity index (χ0n) is 36.3. The summed E-state index contributed by atoms with van der Waals surface area (Å²) in [6.45, 7) is 20.6. The maximum atomic E-state index is 8.73. The van der Waals surface area contributed by atoms with Crippen LogP contribution in [0.3, 0.4) is 0 Å². The van der Waals surface area contributed by atoms with Gasteiger partial charge in [0.1, 0.15) is 23.3 Å². The van der Waals surface area contributed by atoms with E-state index in [0.717, 1.165) is 88.4 Å². The van der Waals surface area contributed by atoms with Crippen LogP contribution in [-0.2, 0) is 0 Å². The van der Waals surface area contributed by atoms with Gasteiger partial charge in [-0.25, -0.2) is 34.7 Å². The molecule has 9 heteroatoms. The lowest BCUT2D eigenvalue weighted by molar-refractivity contribution is 0.928. The van der Waals surface area contributed by atoms with E-state index in [4.69, 9.17) is 26.5 Å². The van der Waals surface area contributed by atoms with Crippen LogP contribution in [0.1, 0.15) is 34.4 Å². The van der Waals surface area contributed by atoms with Gasteiger partial charge in [0.05, 0.1) is 34.3 Å². The topological polar surface area (TPSA) is 91.6 Å². The van der Waals surface area contributed by atoms with E-state index >= 15 is 0 Å². The molecule has 4 heterocycles. The third-order valence-electron chi connectivity index (χ3n) is 12.2. The molecule has 4 aromatic heterocycles. The molecule has 0 spiro atoms. The van der Waals surface area contributed by atoms with Crippen LogP contribution in [0, 0.1) is 48.1 Å². The van der Waals surface area contributed by atoms with E-state index in [-0.39, 0.29) is 0 Å². The second kappa shape index (κ2) is 14.9. The minimum atomic E-state index is 0.554. The smallest absolute Gasteiger partial charge is 0.197 e. The number of fused-ring (bicyclic) bond motifs is 6. The van der Waals surface area contributed by atoms with Gasteiger partial charge in [-0.1, -0.05) is 78.4 Å². The van der Waals surface area contributed by atoms with Crippen molar-refractivity contribution in [1.82, 2.24) is 39.0 Å². The summed E-state index contributed by atoms with van der Waals surface area (Å²) in [5, 5.41) is 4.33. The number of rotatable bonds is 6. The Morgan fingerprint density at radius 2 is 0.922 bits per heavy atom. The monoisotopic (exact) mass is 827 g/mol. The zero-order valence-corrected chi connectivity index (χ0v) is 36.3. The molecule has 0 saturated carbocycles. The van der Waals surface area contributed by atoms with Crippen LogP contribution in [-0.4, -0.2) is 39.0 Å². The molecule has 64 heavy (non-hydrogen) atoms. The van der Waals surface area contributed by atoms with Gasteiger partial charge >= 0.3 is 0 Å². The number of aryl methyl sites for hydroxylation is 6. The molecule has 11 aromatic rings. The fourth-order valence-electron chi connectivity index (χ4n) is 9.55. The summed E-state index contributed by atoms with van der Waals surface area (Å²) in [6, 6.07) is 49.3. The SMILES string of the molecule is [C-]#[N+]c1cccc(-n2c3ccccc3c3cc(-c4nc(C)nc(C)n4)ccc32)c1-c1cc(-c2ccc(C)cc2C)ccc1-n1c2ccccc2c2cc(-c3nc(C)nc(C)n3)ccc21. The first-order valence-electron chi connectivity index (χ1n) is 21.3. The van der Waals surface area contributed by atoms with Crippen molar-refractivity contribution in [3.63, 3.8) is 0 Å². The Morgan fingerprint density at radius 3 is 1.47 bits per heavy atom. The van der Waals surface area contributed by atoms with Crippen LogP contribution in [0.25, 0.3) is 105 Å². The van der Waals surface area contributed by atoms with Crippen LogP contribution in [0.15, 0.2) is 140 Å². The minimum absolute atomic E-state index is 0.554. The molecule has 0 aliphatic heterocycles. The Kier molecular flexibility index (Phi) is 9.00. The van der Waals surface area contributed by atoms with E-state index in [0.29, 0.717) is 40.6 Å². The average Bonchev–Trinajstić information content (AvgIpc) is 3.80. The molecule has 0 atom stereocenters. The van der Waals surface area contributed by atoms with Crippen LogP contribution < -0.4 is 0 Å². The molecular weight excluding hydrogens is 787 g/mol. The summed E-state index contributed by atoms with van der Waals surface area (Å²) in [5.74, 6) is 4.02. The highest BCUT2D eigenvalue weighted by Gasteiger charge is 2.24. The largest absolute Gasteiger partial charge is 0.310 e. The quantitative estimate of drug-likeness (QED) is 0.155. The molecule has 0 saturated heterocycles. The highest BCUT2D eigenvalue weighted by Crippen LogP contribution is 2.46. The molecule has 306 valence electrons. The normalized spacial score (nSPS) is 11.6. The van der Waals surface area contributed by atoms with E-state index in [1.54, 1.807) is 0 Å². The van der Waals surface area contributed by atoms with Crippen molar-refractivity contribution >= 4 is 49.3 Å². The number of benzene rings is 7. The van der Waals surface area contributed by atoms with Crippen molar-refractivity contribution in [3.05, 3.63) is 185 Å². The summed E-state index contributed by atoms with van der Waals surface area (Å²) in [5.41, 5.74) is 14.8. The molecule has 0 radical (unpaired) electrons. The third-order valence-corrected chi connectivity index (χ3v) is 12.2. The van der Waals surface area contributed by atoms with Crippen LogP contribution in [0.2, 0.25) is 0 Å². The van der Waals surface area contributed by atoms with E-state index in [1.165, 1.54) is 11.1 Å². The number of aromatic nitrogens is 8. The summed E-state index contributed by atoms with van der Waals surface area (Å²) < 4.78 is 4.66. The van der Waals surface area contributed by atoms with Crippen molar-refractivity contribution in [2.24, 2.45) is 0 Å². The summed E-state index contributed by atoms with van der Waals surface area (Å²) in [4.78, 5) is 32.0. The van der Waals surface area contributed by atoms with Gasteiger partial charge in [-0.05, 0) is 131 Å². The van der Waals surface area contributed by atoms with Crippen molar-refractivity contribution in [2.45, 2.75) is 41.5 Å². The van der Waals surface area contributed by atoms with Gasteiger partial charge < -0.3 is 9.13 Å². The average molecular weight is 828 g/mol. The van der Waals surface area contributed by atoms with Gasteiger partial charge in [0, 0.05) is 43.9 Å². The second-order valence-corrected chi connectivity index (χ2v) is 16.5. The van der Waals surface area contributed by atoms with Gasteiger partial charge in [0.25, 0.3) is 0 Å². The molecule has 9 nitrogen and oxygen atoms in total. The fourth-order valence-corrected chi connectivity index (χ4v) is 9.55. The second-order valence-electron chi connectivity index (χ2n) is 16.5. The van der Waals surface area contributed by atoms with E-state index < -0.39 is 0 Å². The number of para-hydroxylation sites is 2. The first-order valence-corrected chi connectivity index (χ1v) is 21.3. The van der Waals surface area contributed by atoms with Crippen molar-refractivity contribution < 1.29 is 0 Å². The molecular formula is C55H41N9. The molecule has 0 aliphatic carbocycles. The van der Waals surface area contributed by atoms with Gasteiger partial charge in [-0.15, -0.1) is 0 Å². The van der Waals surface area contributed by atoms with Crippen molar-refractivity contribution in [3.8, 4) is 56.4 Å². The molecule has 0 aliphatic rings. The zero-order chi connectivity index (χ0) is 43.8. The molecule has 11 rings (SSSR count). The molecule has 0 amide bonds. The highest BCUT2D eigenvalue weighted by atomic mass is 15.0. The highest BCUT2D eigenvalue weighted by molar-refractivity contribution is 6.13. The molecule has 0 fully saturated rings. The lowest BCUT2D eigenvalue weighted by Crippen LogP contribution is -2.02. The van der Waals surface area contributed by atoms with Crippen LogP contribution >= 0.6 is 0 Å². The fraction of sp³-hybridized carbons (Fsp3) is 0.109. The molecule has 0 bridgehead atoms. The molecule has 7 aromatic carbocycles. The van der Waals surface area contributed by atoms with Crippen LogP contribution in [0.4, 0.5) is 5.69 Å². The maximum Gasteiger partial charge on any atom is 0.197 e. The molecule has 0 N–H and O–H groups in total. The van der Waals surface area contributed by atoms with Crippen molar-refractivity contribution in [1.29, 1.82) is 0 Å². The third kappa shape index (κ3) is 6.30. The van der Waals surface area contributed by atoms with Gasteiger partial charge in [0.2, 0.25) is 0 Å². The van der Waals surface area contributed by atoms with E-state index in [2.05, 4.69) is 165 Å². The summed E-state index contributed by atoms with van der Waals surface area (Å²) in [7, 11) is 0. The van der Waals surface area contributed by atoms with E-state index in [1.807, 2.05) is 39.8 Å². The molecule has 0 unspecified atom stereocenters. The summed E-state index contributed by atoms with van der Waals surface area (Å²) >= 11 is 0. The Labute approximate surface area is 370 Å². The number of hydrogen-bond donors (Lipinski definition) is 0. The van der Waals surface area contributed by atoms with Gasteiger partial charge in [-0.3, -0.25) is 0 Å². The number of nitrogens with zero attached hydrogens (tertiary/aromatic N) is 9. The van der Waals surface area contributed by atoms with Gasteiger partial charge in [-0.2, -0.15) is 0 Å². The standard InChI is InChI=1S/C55H41N9/c1-31-19-23-40(32(2)27-31)37-20-24-51(63-47-16-10-8-13-41(47)43-29-38(21-25-49(43)63)54-59-33(3)57-34(4)60-54)45(28-37)53-46(56-7)15-12-18-52(53)64-48-17-11-9-14-42(48)44-30-39(22-26-50(44)64)55-61-35(5)58-36(6)62-55/h8-30H,1-6H3. The summed E-state index contributed by atoms with van der Waals surface area (Å²) in [6.07, 6.45) is 0. The Balaban J connectivity index is 1.22. The van der Waals surface area contributed by atoms with Gasteiger partial charge in [0.15, 0.2) is 17.3 Å². The van der Waals surface area contributed by atoms with E-state index in [9.17, 15) is 0 Å². The lowest BCUT2D eigenvalue weighted by atomic mass is 9.92. The van der Waals surface area contributed by atoms with Crippen LogP contribution in [0.5, 0.6) is 0 Å². The lowest BCUT2D eigenvalue weighted by Gasteiger charge is -2.21. The van der Waals surface area contributed by atoms with Crippen molar-refractivity contribution in [2.75, 3.05) is 0 Å². The Morgan fingerprint density at radius 1 is 0.406 bits per heavy atom. The Hall–Kier alpha value is -8.35. The maximum absolute atomic E-state index is 8.73. The minimum Gasteiger partial charge on any atom is -0.310 e. The first kappa shape index (κ1) is 38.6. The number of hydrogen-bond acceptors (Lipinski definition) is 6. The first-order chi connectivity index (χ1) is 31.1. The predicted molar refractivity (Wildman–Crippen MR) is 258 cm³/mol. The predicted octanol–water partition coefficient (Wildman–Crippen LogP) is 13.3. The Bertz CT molecular complexity index is 3730.